The van der Waals surface area contributed by atoms with E-state index in [1.54, 1.807) is 19.1 Å². The maximum absolute atomic E-state index is 11.8. The smallest absolute Gasteiger partial charge is 0.336 e. The summed E-state index contributed by atoms with van der Waals surface area (Å²) in [5.74, 6) is -1.14. The lowest BCUT2D eigenvalue weighted by molar-refractivity contribution is -0.117. The number of benzene rings is 1. The highest BCUT2D eigenvalue weighted by molar-refractivity contribution is 5.98. The van der Waals surface area contributed by atoms with Crippen molar-refractivity contribution in [3.63, 3.8) is 0 Å². The van der Waals surface area contributed by atoms with Gasteiger partial charge in [-0.25, -0.2) is 4.79 Å². The number of aliphatic hydroxyl groups is 1. The maximum atomic E-state index is 11.8. The summed E-state index contributed by atoms with van der Waals surface area (Å²) in [5, 5.41) is 18.1. The molecule has 2 rings (SSSR count). The van der Waals surface area contributed by atoms with Crippen LogP contribution in [0.3, 0.4) is 0 Å². The Morgan fingerprint density at radius 2 is 2.22 bits per heavy atom. The Hall–Kier alpha value is -1.88. The topological polar surface area (TPSA) is 77.8 Å². The molecule has 1 aromatic carbocycles. The fraction of sp³-hybridized carbons (Fsp3) is 0.385. The minimum absolute atomic E-state index is 0.0279. The maximum Gasteiger partial charge on any atom is 0.336 e. The average Bonchev–Trinajstić information content (AvgIpc) is 2.71. The highest BCUT2D eigenvalue weighted by Gasteiger charge is 2.30. The van der Waals surface area contributed by atoms with Crippen molar-refractivity contribution in [2.75, 3.05) is 18.1 Å². The van der Waals surface area contributed by atoms with Gasteiger partial charge in [0.15, 0.2) is 0 Å². The van der Waals surface area contributed by atoms with Gasteiger partial charge in [-0.05, 0) is 24.6 Å². The lowest BCUT2D eigenvalue weighted by Gasteiger charge is -2.17. The van der Waals surface area contributed by atoms with E-state index in [2.05, 4.69) is 0 Å². The summed E-state index contributed by atoms with van der Waals surface area (Å²) < 4.78 is 0. The fourth-order valence-electron chi connectivity index (χ4n) is 2.16. The third-order valence-electron chi connectivity index (χ3n) is 3.23. The summed E-state index contributed by atoms with van der Waals surface area (Å²) in [4.78, 5) is 24.4. The van der Waals surface area contributed by atoms with Crippen LogP contribution in [0.15, 0.2) is 18.2 Å². The molecular formula is C13H15NO4. The summed E-state index contributed by atoms with van der Waals surface area (Å²) >= 11 is 0. The SMILES string of the molecule is Cc1ccc(N2CC(CO)CC2=O)cc1C(=O)O. The molecule has 0 aliphatic carbocycles. The number of carbonyl (C=O) groups is 2. The molecule has 1 aliphatic rings. The van der Waals surface area contributed by atoms with Crippen LogP contribution in [0, 0.1) is 12.8 Å². The quantitative estimate of drug-likeness (QED) is 0.839. The zero-order valence-corrected chi connectivity index (χ0v) is 10.1. The van der Waals surface area contributed by atoms with Gasteiger partial charge in [0.05, 0.1) is 5.56 Å². The van der Waals surface area contributed by atoms with Gasteiger partial charge >= 0.3 is 5.97 Å². The number of hydrogen-bond acceptors (Lipinski definition) is 3. The third-order valence-corrected chi connectivity index (χ3v) is 3.23. The minimum Gasteiger partial charge on any atom is -0.478 e. The van der Waals surface area contributed by atoms with Crippen LogP contribution < -0.4 is 4.90 Å². The van der Waals surface area contributed by atoms with E-state index in [-0.39, 0.29) is 24.0 Å². The Balaban J connectivity index is 2.32. The van der Waals surface area contributed by atoms with Gasteiger partial charge in [-0.1, -0.05) is 6.07 Å². The number of anilines is 1. The molecule has 0 spiro atoms. The van der Waals surface area contributed by atoms with E-state index in [1.807, 2.05) is 0 Å². The lowest BCUT2D eigenvalue weighted by atomic mass is 10.1. The van der Waals surface area contributed by atoms with Gasteiger partial charge in [-0.3, -0.25) is 4.79 Å². The van der Waals surface area contributed by atoms with Gasteiger partial charge in [0.1, 0.15) is 0 Å². The number of hydrogen-bond donors (Lipinski definition) is 2. The van der Waals surface area contributed by atoms with Gasteiger partial charge in [0.2, 0.25) is 5.91 Å². The number of aliphatic hydroxyl groups excluding tert-OH is 1. The highest BCUT2D eigenvalue weighted by Crippen LogP contribution is 2.26. The summed E-state index contributed by atoms with van der Waals surface area (Å²) in [5.41, 5.74) is 1.45. The normalized spacial score (nSPS) is 19.3. The first-order chi connectivity index (χ1) is 8.52. The molecule has 1 fully saturated rings. The molecule has 1 atom stereocenters. The molecule has 1 heterocycles. The molecular weight excluding hydrogens is 234 g/mol. The Morgan fingerprint density at radius 3 is 2.78 bits per heavy atom. The average molecular weight is 249 g/mol. The van der Waals surface area contributed by atoms with Crippen molar-refractivity contribution in [1.29, 1.82) is 0 Å². The Morgan fingerprint density at radius 1 is 1.50 bits per heavy atom. The second-order valence-corrected chi connectivity index (χ2v) is 4.56. The van der Waals surface area contributed by atoms with Crippen LogP contribution >= 0.6 is 0 Å². The zero-order valence-electron chi connectivity index (χ0n) is 10.1. The Labute approximate surface area is 105 Å². The Kier molecular flexibility index (Phi) is 3.34. The number of carboxylic acids is 1. The van der Waals surface area contributed by atoms with E-state index in [0.717, 1.165) is 0 Å². The van der Waals surface area contributed by atoms with Gasteiger partial charge in [-0.2, -0.15) is 0 Å². The predicted octanol–water partition coefficient (Wildman–Crippen LogP) is 1.04. The largest absolute Gasteiger partial charge is 0.478 e. The molecule has 1 amide bonds. The molecule has 1 aliphatic heterocycles. The van der Waals surface area contributed by atoms with Crippen molar-refractivity contribution in [2.24, 2.45) is 5.92 Å². The number of amides is 1. The van der Waals surface area contributed by atoms with Crippen molar-refractivity contribution in [3.05, 3.63) is 29.3 Å². The molecule has 1 aromatic rings. The van der Waals surface area contributed by atoms with Crippen molar-refractivity contribution < 1.29 is 19.8 Å². The first-order valence-corrected chi connectivity index (χ1v) is 5.78. The molecule has 2 N–H and O–H groups in total. The van der Waals surface area contributed by atoms with E-state index >= 15 is 0 Å². The summed E-state index contributed by atoms with van der Waals surface area (Å²) in [7, 11) is 0. The highest BCUT2D eigenvalue weighted by atomic mass is 16.4. The number of carboxylic acid groups (broad SMARTS) is 1. The Bertz CT molecular complexity index is 498. The number of rotatable bonds is 3. The molecule has 0 saturated carbocycles. The third kappa shape index (κ3) is 2.22. The van der Waals surface area contributed by atoms with Crippen molar-refractivity contribution in [2.45, 2.75) is 13.3 Å². The van der Waals surface area contributed by atoms with Gasteiger partial charge in [0, 0.05) is 31.2 Å². The standard InChI is InChI=1S/C13H15NO4/c1-8-2-3-10(5-11(8)13(17)18)14-6-9(7-15)4-12(14)16/h2-3,5,9,15H,4,6-7H2,1H3,(H,17,18). The van der Waals surface area contributed by atoms with Crippen LogP contribution in [0.5, 0.6) is 0 Å². The van der Waals surface area contributed by atoms with Crippen LogP contribution in [-0.2, 0) is 4.79 Å². The molecule has 0 radical (unpaired) electrons. The predicted molar refractivity (Wildman–Crippen MR) is 65.7 cm³/mol. The molecule has 0 bridgehead atoms. The van der Waals surface area contributed by atoms with Gasteiger partial charge in [0.25, 0.3) is 0 Å². The van der Waals surface area contributed by atoms with E-state index in [4.69, 9.17) is 10.2 Å². The zero-order chi connectivity index (χ0) is 13.3. The first kappa shape index (κ1) is 12.6. The van der Waals surface area contributed by atoms with Crippen LogP contribution in [-0.4, -0.2) is 35.2 Å². The van der Waals surface area contributed by atoms with E-state index in [0.29, 0.717) is 24.2 Å². The second-order valence-electron chi connectivity index (χ2n) is 4.56. The van der Waals surface area contributed by atoms with Gasteiger partial charge < -0.3 is 15.1 Å². The summed E-state index contributed by atoms with van der Waals surface area (Å²) in [6.07, 6.45) is 0.312. The number of aromatic carboxylic acids is 1. The number of aryl methyl sites for hydroxylation is 1. The van der Waals surface area contributed by atoms with Crippen molar-refractivity contribution in [3.8, 4) is 0 Å². The monoisotopic (exact) mass is 249 g/mol. The summed E-state index contributed by atoms with van der Waals surface area (Å²) in [6.45, 7) is 2.13. The van der Waals surface area contributed by atoms with Crippen LogP contribution in [0.4, 0.5) is 5.69 Å². The fourth-order valence-corrected chi connectivity index (χ4v) is 2.16. The molecule has 0 aromatic heterocycles. The van der Waals surface area contributed by atoms with E-state index < -0.39 is 5.97 Å². The van der Waals surface area contributed by atoms with E-state index in [1.165, 1.54) is 11.0 Å². The second kappa shape index (κ2) is 4.78. The molecule has 96 valence electrons. The lowest BCUT2D eigenvalue weighted by Crippen LogP contribution is -2.25. The number of carbonyl (C=O) groups excluding carboxylic acids is 1. The molecule has 18 heavy (non-hydrogen) atoms. The molecule has 5 nitrogen and oxygen atoms in total. The van der Waals surface area contributed by atoms with Crippen molar-refractivity contribution in [1.82, 2.24) is 0 Å². The van der Waals surface area contributed by atoms with Crippen molar-refractivity contribution >= 4 is 17.6 Å². The number of nitrogens with zero attached hydrogens (tertiary/aromatic N) is 1. The van der Waals surface area contributed by atoms with Crippen LogP contribution in [0.1, 0.15) is 22.3 Å². The summed E-state index contributed by atoms with van der Waals surface area (Å²) in [6, 6.07) is 4.94. The van der Waals surface area contributed by atoms with Crippen LogP contribution in [0.25, 0.3) is 0 Å². The molecule has 1 saturated heterocycles. The van der Waals surface area contributed by atoms with E-state index in [9.17, 15) is 9.59 Å². The first-order valence-electron chi connectivity index (χ1n) is 5.78. The molecule has 1 unspecified atom stereocenters. The molecule has 5 heteroatoms. The minimum atomic E-state index is -1.00. The van der Waals surface area contributed by atoms with Gasteiger partial charge in [-0.15, -0.1) is 0 Å². The van der Waals surface area contributed by atoms with Crippen LogP contribution in [0.2, 0.25) is 0 Å².